The van der Waals surface area contributed by atoms with Crippen LogP contribution in [0.4, 0.5) is 0 Å². The van der Waals surface area contributed by atoms with Gasteiger partial charge in [-0.15, -0.1) is 0 Å². The number of aromatic hydroxyl groups is 1. The quantitative estimate of drug-likeness (QED) is 0.733. The molecule has 0 aromatic heterocycles. The number of carbonyl (C=O) groups excluding carboxylic acids is 2. The first-order valence-electron chi connectivity index (χ1n) is 9.03. The van der Waals surface area contributed by atoms with Gasteiger partial charge in [-0.25, -0.2) is 0 Å². The molecule has 0 amide bonds. The fourth-order valence-electron chi connectivity index (χ4n) is 4.56. The predicted octanol–water partition coefficient (Wildman–Crippen LogP) is 4.56. The van der Waals surface area contributed by atoms with E-state index in [1.807, 2.05) is 30.3 Å². The SMILES string of the molecule is O=C1CCCC2=C1[C@H](c1cc(Br)ccc1O)[C@@H]1C(=O)c3ccccc3C1=N2. The van der Waals surface area contributed by atoms with E-state index in [1.165, 1.54) is 0 Å². The van der Waals surface area contributed by atoms with Crippen molar-refractivity contribution in [2.45, 2.75) is 25.2 Å². The van der Waals surface area contributed by atoms with E-state index in [-0.39, 0.29) is 17.3 Å². The molecule has 1 N–H and O–H groups in total. The molecule has 2 aliphatic carbocycles. The Bertz CT molecular complexity index is 1080. The van der Waals surface area contributed by atoms with Gasteiger partial charge in [0, 0.05) is 44.8 Å². The molecule has 2 atom stereocenters. The maximum absolute atomic E-state index is 13.3. The number of benzene rings is 2. The summed E-state index contributed by atoms with van der Waals surface area (Å²) in [6, 6.07) is 12.6. The van der Waals surface area contributed by atoms with E-state index in [0.29, 0.717) is 23.1 Å². The second-order valence-electron chi connectivity index (χ2n) is 7.20. The number of carbonyl (C=O) groups is 2. The van der Waals surface area contributed by atoms with Crippen molar-refractivity contribution in [2.75, 3.05) is 0 Å². The highest BCUT2D eigenvalue weighted by Crippen LogP contribution is 2.50. The van der Waals surface area contributed by atoms with E-state index in [4.69, 9.17) is 4.99 Å². The van der Waals surface area contributed by atoms with Crippen molar-refractivity contribution in [3.8, 4) is 5.75 Å². The van der Waals surface area contributed by atoms with E-state index in [1.54, 1.807) is 12.1 Å². The molecule has 5 rings (SSSR count). The zero-order chi connectivity index (χ0) is 18.7. The number of aliphatic imine (C=N–C) groups is 1. The maximum atomic E-state index is 13.3. The number of fused-ring (bicyclic) bond motifs is 3. The van der Waals surface area contributed by atoms with Crippen molar-refractivity contribution in [1.82, 2.24) is 0 Å². The fraction of sp³-hybridized carbons (Fsp3) is 0.227. The van der Waals surface area contributed by atoms with Crippen molar-refractivity contribution in [3.63, 3.8) is 0 Å². The van der Waals surface area contributed by atoms with Crippen LogP contribution in [0.3, 0.4) is 0 Å². The van der Waals surface area contributed by atoms with Gasteiger partial charge in [-0.1, -0.05) is 40.2 Å². The minimum atomic E-state index is -0.566. The monoisotopic (exact) mass is 421 g/mol. The number of allylic oxidation sites excluding steroid dienone is 2. The summed E-state index contributed by atoms with van der Waals surface area (Å²) in [5.41, 5.74) is 4.19. The molecule has 0 unspecified atom stereocenters. The van der Waals surface area contributed by atoms with E-state index >= 15 is 0 Å². The van der Waals surface area contributed by atoms with Crippen LogP contribution in [0.2, 0.25) is 0 Å². The smallest absolute Gasteiger partial charge is 0.173 e. The van der Waals surface area contributed by atoms with Crippen LogP contribution in [-0.4, -0.2) is 22.4 Å². The lowest BCUT2D eigenvalue weighted by Crippen LogP contribution is -2.33. The van der Waals surface area contributed by atoms with Crippen LogP contribution in [0, 0.1) is 5.92 Å². The maximum Gasteiger partial charge on any atom is 0.173 e. The first kappa shape index (κ1) is 16.6. The predicted molar refractivity (Wildman–Crippen MR) is 105 cm³/mol. The lowest BCUT2D eigenvalue weighted by Gasteiger charge is -2.33. The number of rotatable bonds is 1. The number of hydrogen-bond donors (Lipinski definition) is 1. The molecule has 0 radical (unpaired) electrons. The summed E-state index contributed by atoms with van der Waals surface area (Å²) in [6.07, 6.45) is 1.95. The number of phenolic OH excluding ortho intramolecular Hbond substituents is 1. The lowest BCUT2D eigenvalue weighted by molar-refractivity contribution is -0.116. The number of phenols is 1. The highest BCUT2D eigenvalue weighted by molar-refractivity contribution is 9.10. The molecule has 0 spiro atoms. The van der Waals surface area contributed by atoms with Crippen LogP contribution in [0.5, 0.6) is 5.75 Å². The lowest BCUT2D eigenvalue weighted by atomic mass is 9.71. The second-order valence-corrected chi connectivity index (χ2v) is 8.12. The molecule has 2 aromatic rings. The molecule has 4 nitrogen and oxygen atoms in total. The van der Waals surface area contributed by atoms with Gasteiger partial charge in [0.25, 0.3) is 0 Å². The molecule has 0 saturated heterocycles. The summed E-state index contributed by atoms with van der Waals surface area (Å²) < 4.78 is 0.799. The fourth-order valence-corrected chi connectivity index (χ4v) is 4.94. The van der Waals surface area contributed by atoms with Crippen LogP contribution in [0.1, 0.15) is 46.7 Å². The molecule has 0 fully saturated rings. The van der Waals surface area contributed by atoms with Crippen molar-refractivity contribution < 1.29 is 14.7 Å². The normalized spacial score (nSPS) is 23.7. The standard InChI is InChI=1S/C22H16BrNO3/c23-11-8-9-16(25)14(10-11)18-19-15(6-3-7-17(19)26)24-21-12-4-1-2-5-13(12)22(27)20(18)21/h1-2,4-5,8-10,18,20,25H,3,6-7H2/t18-,20-/m0/s1. The van der Waals surface area contributed by atoms with Gasteiger partial charge in [0.2, 0.25) is 0 Å². The van der Waals surface area contributed by atoms with Gasteiger partial charge in [0.1, 0.15) is 5.75 Å². The number of ketones is 2. The Morgan fingerprint density at radius 3 is 2.59 bits per heavy atom. The third-order valence-corrected chi connectivity index (χ3v) is 6.19. The van der Waals surface area contributed by atoms with E-state index in [2.05, 4.69) is 15.9 Å². The van der Waals surface area contributed by atoms with Gasteiger partial charge in [-0.2, -0.15) is 0 Å². The minimum Gasteiger partial charge on any atom is -0.508 e. The Labute approximate surface area is 164 Å². The van der Waals surface area contributed by atoms with Crippen LogP contribution < -0.4 is 0 Å². The van der Waals surface area contributed by atoms with Gasteiger partial charge >= 0.3 is 0 Å². The van der Waals surface area contributed by atoms with Gasteiger partial charge in [0.15, 0.2) is 11.6 Å². The molecule has 1 heterocycles. The molecule has 3 aliphatic rings. The van der Waals surface area contributed by atoms with Gasteiger partial charge in [-0.05, 0) is 31.0 Å². The molecule has 0 bridgehead atoms. The van der Waals surface area contributed by atoms with E-state index < -0.39 is 11.8 Å². The first-order valence-corrected chi connectivity index (χ1v) is 9.82. The summed E-state index contributed by atoms with van der Waals surface area (Å²) in [6.45, 7) is 0. The highest BCUT2D eigenvalue weighted by Gasteiger charge is 2.49. The first-order chi connectivity index (χ1) is 13.1. The Hall–Kier alpha value is -2.53. The average Bonchev–Trinajstić information content (AvgIpc) is 2.95. The zero-order valence-electron chi connectivity index (χ0n) is 14.4. The summed E-state index contributed by atoms with van der Waals surface area (Å²) in [7, 11) is 0. The molecule has 1 aliphatic heterocycles. The number of halogens is 1. The topological polar surface area (TPSA) is 66.7 Å². The summed E-state index contributed by atoms with van der Waals surface area (Å²) >= 11 is 3.45. The Balaban J connectivity index is 1.80. The molecule has 2 aromatic carbocycles. The summed E-state index contributed by atoms with van der Waals surface area (Å²) in [5, 5.41) is 10.6. The number of hydrogen-bond acceptors (Lipinski definition) is 4. The molecule has 134 valence electrons. The molecular weight excluding hydrogens is 406 g/mol. The summed E-state index contributed by atoms with van der Waals surface area (Å²) in [4.78, 5) is 30.9. The summed E-state index contributed by atoms with van der Waals surface area (Å²) in [5.74, 6) is -0.967. The Morgan fingerprint density at radius 1 is 1.00 bits per heavy atom. The van der Waals surface area contributed by atoms with Crippen molar-refractivity contribution in [1.29, 1.82) is 0 Å². The third-order valence-electron chi connectivity index (χ3n) is 5.70. The zero-order valence-corrected chi connectivity index (χ0v) is 16.0. The van der Waals surface area contributed by atoms with Crippen molar-refractivity contribution in [2.24, 2.45) is 10.9 Å². The van der Waals surface area contributed by atoms with Crippen LogP contribution in [0.15, 0.2) is 63.2 Å². The van der Waals surface area contributed by atoms with Gasteiger partial charge in [0.05, 0.1) is 11.6 Å². The number of nitrogens with zero attached hydrogens (tertiary/aromatic N) is 1. The van der Waals surface area contributed by atoms with Crippen LogP contribution >= 0.6 is 15.9 Å². The molecule has 27 heavy (non-hydrogen) atoms. The number of Topliss-reactive ketones (excluding diaryl/α,β-unsaturated/α-hetero) is 2. The largest absolute Gasteiger partial charge is 0.508 e. The van der Waals surface area contributed by atoms with Gasteiger partial charge in [-0.3, -0.25) is 14.6 Å². The van der Waals surface area contributed by atoms with Crippen LogP contribution in [0.25, 0.3) is 0 Å². The average molecular weight is 422 g/mol. The van der Waals surface area contributed by atoms with Gasteiger partial charge < -0.3 is 5.11 Å². The second kappa shape index (κ2) is 5.99. The molecular formula is C22H16BrNO3. The van der Waals surface area contributed by atoms with Crippen molar-refractivity contribution >= 4 is 33.2 Å². The third kappa shape index (κ3) is 2.38. The molecule has 0 saturated carbocycles. The van der Waals surface area contributed by atoms with E-state index in [9.17, 15) is 14.7 Å². The highest BCUT2D eigenvalue weighted by atomic mass is 79.9. The van der Waals surface area contributed by atoms with Crippen molar-refractivity contribution in [3.05, 3.63) is 74.9 Å². The van der Waals surface area contributed by atoms with Crippen LogP contribution in [-0.2, 0) is 4.79 Å². The molecule has 5 heteroatoms. The Kier molecular flexibility index (Phi) is 3.69. The van der Waals surface area contributed by atoms with E-state index in [0.717, 1.165) is 34.3 Å². The minimum absolute atomic E-state index is 0.0290. The Morgan fingerprint density at radius 2 is 1.78 bits per heavy atom.